The molecular weight excluding hydrogens is 238 g/mol. The number of nitrogens with one attached hydrogen (secondary N) is 1. The van der Waals surface area contributed by atoms with Gasteiger partial charge in [0.2, 0.25) is 0 Å². The van der Waals surface area contributed by atoms with Gasteiger partial charge in [-0.1, -0.05) is 0 Å². The van der Waals surface area contributed by atoms with Crippen LogP contribution in [-0.2, 0) is 0 Å². The van der Waals surface area contributed by atoms with Gasteiger partial charge in [-0.2, -0.15) is 0 Å². The number of imidazole rings is 1. The van der Waals surface area contributed by atoms with Gasteiger partial charge in [0.05, 0.1) is 12.1 Å². The third kappa shape index (κ3) is 2.17. The Morgan fingerprint density at radius 2 is 1.95 bits per heavy atom. The van der Waals surface area contributed by atoms with Crippen molar-refractivity contribution in [2.75, 3.05) is 6.61 Å². The zero-order chi connectivity index (χ0) is 13.2. The second-order valence-electron chi connectivity index (χ2n) is 4.37. The van der Waals surface area contributed by atoms with Crippen LogP contribution < -0.4 is 4.74 Å². The zero-order valence-corrected chi connectivity index (χ0v) is 11.0. The van der Waals surface area contributed by atoms with E-state index in [0.29, 0.717) is 6.61 Å². The molecule has 1 N–H and O–H groups in total. The van der Waals surface area contributed by atoms with E-state index in [4.69, 9.17) is 4.74 Å². The fourth-order valence-corrected chi connectivity index (χ4v) is 2.05. The van der Waals surface area contributed by atoms with E-state index < -0.39 is 0 Å². The smallest absolute Gasteiger partial charge is 0.178 e. The Morgan fingerprint density at radius 1 is 1.16 bits per heavy atom. The van der Waals surface area contributed by atoms with Crippen molar-refractivity contribution >= 4 is 11.2 Å². The number of nitrogens with zero attached hydrogens (tertiary/aromatic N) is 2. The van der Waals surface area contributed by atoms with Crippen molar-refractivity contribution in [3.63, 3.8) is 0 Å². The van der Waals surface area contributed by atoms with Gasteiger partial charge in [-0.3, -0.25) is 0 Å². The number of benzene rings is 1. The molecule has 19 heavy (non-hydrogen) atoms. The highest BCUT2D eigenvalue weighted by Crippen LogP contribution is 2.23. The van der Waals surface area contributed by atoms with Gasteiger partial charge in [0, 0.05) is 11.8 Å². The zero-order valence-electron chi connectivity index (χ0n) is 11.0. The van der Waals surface area contributed by atoms with Crippen molar-refractivity contribution < 1.29 is 4.74 Å². The lowest BCUT2D eigenvalue weighted by atomic mass is 10.2. The molecule has 0 aliphatic rings. The first kappa shape index (κ1) is 11.7. The second kappa shape index (κ2) is 4.72. The number of pyridine rings is 1. The monoisotopic (exact) mass is 253 g/mol. The third-order valence-electron chi connectivity index (χ3n) is 3.04. The molecule has 3 rings (SSSR count). The van der Waals surface area contributed by atoms with Crippen molar-refractivity contribution in [3.05, 3.63) is 42.1 Å². The Labute approximate surface area is 111 Å². The molecule has 0 saturated heterocycles. The average Bonchev–Trinajstić information content (AvgIpc) is 2.85. The molecule has 0 amide bonds. The number of H-pyrrole nitrogens is 1. The molecule has 0 fully saturated rings. The summed E-state index contributed by atoms with van der Waals surface area (Å²) < 4.78 is 5.43. The van der Waals surface area contributed by atoms with Crippen LogP contribution in [0.5, 0.6) is 5.75 Å². The fourth-order valence-electron chi connectivity index (χ4n) is 2.05. The van der Waals surface area contributed by atoms with E-state index in [1.807, 2.05) is 44.2 Å². The van der Waals surface area contributed by atoms with Crippen LogP contribution in [-0.4, -0.2) is 21.6 Å². The molecule has 0 unspecified atom stereocenters. The van der Waals surface area contributed by atoms with E-state index in [1.165, 1.54) is 0 Å². The molecule has 0 bridgehead atoms. The van der Waals surface area contributed by atoms with Crippen LogP contribution >= 0.6 is 0 Å². The van der Waals surface area contributed by atoms with Gasteiger partial charge in [-0.15, -0.1) is 0 Å². The quantitative estimate of drug-likeness (QED) is 0.779. The van der Waals surface area contributed by atoms with Crippen molar-refractivity contribution in [2.24, 2.45) is 0 Å². The molecule has 0 aliphatic carbocycles. The maximum atomic E-state index is 5.43. The van der Waals surface area contributed by atoms with Gasteiger partial charge in [0.1, 0.15) is 11.6 Å². The topological polar surface area (TPSA) is 50.8 Å². The molecule has 3 aromatic rings. The summed E-state index contributed by atoms with van der Waals surface area (Å²) in [5.74, 6) is 1.71. The van der Waals surface area contributed by atoms with Crippen LogP contribution in [0.2, 0.25) is 0 Å². The summed E-state index contributed by atoms with van der Waals surface area (Å²) in [5.41, 5.74) is 3.92. The number of aromatic amines is 1. The first-order valence-corrected chi connectivity index (χ1v) is 6.32. The van der Waals surface area contributed by atoms with Crippen LogP contribution in [0.25, 0.3) is 22.6 Å². The van der Waals surface area contributed by atoms with Crippen LogP contribution in [0, 0.1) is 6.92 Å². The standard InChI is InChI=1S/C15H15N3O/c1-3-19-12-6-4-11(5-7-12)14-17-13-10(2)8-9-16-15(13)18-14/h4-9H,3H2,1-2H3,(H,16,17,18). The molecule has 96 valence electrons. The van der Waals surface area contributed by atoms with Gasteiger partial charge in [0.25, 0.3) is 0 Å². The first-order valence-electron chi connectivity index (χ1n) is 6.32. The highest BCUT2D eigenvalue weighted by Gasteiger charge is 2.07. The van der Waals surface area contributed by atoms with Gasteiger partial charge >= 0.3 is 0 Å². The first-order chi connectivity index (χ1) is 9.28. The summed E-state index contributed by atoms with van der Waals surface area (Å²) in [7, 11) is 0. The van der Waals surface area contributed by atoms with E-state index in [2.05, 4.69) is 15.0 Å². The minimum Gasteiger partial charge on any atom is -0.494 e. The van der Waals surface area contributed by atoms with Crippen LogP contribution in [0.4, 0.5) is 0 Å². The van der Waals surface area contributed by atoms with Crippen LogP contribution in [0.1, 0.15) is 12.5 Å². The second-order valence-corrected chi connectivity index (χ2v) is 4.37. The molecule has 0 aliphatic heterocycles. The minimum atomic E-state index is 0.674. The lowest BCUT2D eigenvalue weighted by Gasteiger charge is -2.02. The maximum absolute atomic E-state index is 5.43. The van der Waals surface area contributed by atoms with Crippen molar-refractivity contribution in [2.45, 2.75) is 13.8 Å². The fraction of sp³-hybridized carbons (Fsp3) is 0.200. The number of hydrogen-bond donors (Lipinski definition) is 1. The van der Waals surface area contributed by atoms with Gasteiger partial charge in [-0.05, 0) is 49.7 Å². The number of rotatable bonds is 3. The van der Waals surface area contributed by atoms with Crippen LogP contribution in [0.3, 0.4) is 0 Å². The Kier molecular flexibility index (Phi) is 2.91. The van der Waals surface area contributed by atoms with Gasteiger partial charge in [0.15, 0.2) is 5.65 Å². The van der Waals surface area contributed by atoms with Gasteiger partial charge < -0.3 is 9.72 Å². The molecule has 0 radical (unpaired) electrons. The number of ether oxygens (including phenoxy) is 1. The lowest BCUT2D eigenvalue weighted by molar-refractivity contribution is 0.340. The molecule has 0 atom stereocenters. The van der Waals surface area contributed by atoms with E-state index in [-0.39, 0.29) is 0 Å². The predicted molar refractivity (Wildman–Crippen MR) is 75.2 cm³/mol. The van der Waals surface area contributed by atoms with E-state index in [9.17, 15) is 0 Å². The highest BCUT2D eigenvalue weighted by molar-refractivity contribution is 5.78. The molecule has 1 aromatic carbocycles. The van der Waals surface area contributed by atoms with Crippen molar-refractivity contribution in [1.82, 2.24) is 15.0 Å². The number of fused-ring (bicyclic) bond motifs is 1. The van der Waals surface area contributed by atoms with E-state index in [0.717, 1.165) is 33.9 Å². The van der Waals surface area contributed by atoms with Crippen molar-refractivity contribution in [1.29, 1.82) is 0 Å². The summed E-state index contributed by atoms with van der Waals surface area (Å²) in [4.78, 5) is 12.1. The molecule has 4 heteroatoms. The molecular formula is C15H15N3O. The normalized spacial score (nSPS) is 10.8. The number of hydrogen-bond acceptors (Lipinski definition) is 3. The molecule has 2 heterocycles. The Bertz CT molecular complexity index is 701. The van der Waals surface area contributed by atoms with Crippen molar-refractivity contribution in [3.8, 4) is 17.1 Å². The minimum absolute atomic E-state index is 0.674. The predicted octanol–water partition coefficient (Wildman–Crippen LogP) is 3.33. The summed E-state index contributed by atoms with van der Waals surface area (Å²) in [6.07, 6.45) is 1.78. The third-order valence-corrected chi connectivity index (χ3v) is 3.04. The summed E-state index contributed by atoms with van der Waals surface area (Å²) in [5, 5.41) is 0. The van der Waals surface area contributed by atoms with Gasteiger partial charge in [-0.25, -0.2) is 9.97 Å². The lowest BCUT2D eigenvalue weighted by Crippen LogP contribution is -1.90. The maximum Gasteiger partial charge on any atom is 0.178 e. The highest BCUT2D eigenvalue weighted by atomic mass is 16.5. The molecule has 2 aromatic heterocycles. The van der Waals surface area contributed by atoms with Crippen LogP contribution in [0.15, 0.2) is 36.5 Å². The summed E-state index contributed by atoms with van der Waals surface area (Å²) >= 11 is 0. The van der Waals surface area contributed by atoms with E-state index in [1.54, 1.807) is 6.20 Å². The summed E-state index contributed by atoms with van der Waals surface area (Å²) in [6.45, 7) is 4.69. The molecule has 0 saturated carbocycles. The summed E-state index contributed by atoms with van der Waals surface area (Å²) in [6, 6.07) is 9.87. The Morgan fingerprint density at radius 3 is 2.63 bits per heavy atom. The van der Waals surface area contributed by atoms with E-state index >= 15 is 0 Å². The molecule has 4 nitrogen and oxygen atoms in total. The number of aryl methyl sites for hydroxylation is 1. The Balaban J connectivity index is 2.01. The largest absolute Gasteiger partial charge is 0.494 e. The SMILES string of the molecule is CCOc1ccc(-c2nc3nccc(C)c3[nH]2)cc1. The Hall–Kier alpha value is -2.36. The molecule has 0 spiro atoms. The number of aromatic nitrogens is 3. The average molecular weight is 253 g/mol.